The second-order valence-electron chi connectivity index (χ2n) is 4.48. The van der Waals surface area contributed by atoms with E-state index in [1.54, 1.807) is 19.2 Å². The van der Waals surface area contributed by atoms with Gasteiger partial charge in [0, 0.05) is 13.6 Å². The summed E-state index contributed by atoms with van der Waals surface area (Å²) in [5.41, 5.74) is -0.360. The second kappa shape index (κ2) is 4.75. The van der Waals surface area contributed by atoms with Crippen LogP contribution in [0.4, 0.5) is 4.39 Å². The van der Waals surface area contributed by atoms with Gasteiger partial charge in [-0.05, 0) is 17.7 Å². The normalized spacial score (nSPS) is 16.5. The lowest BCUT2D eigenvalue weighted by molar-refractivity contribution is -0.160. The highest BCUT2D eigenvalue weighted by atomic mass is 19.1. The third-order valence-electron chi connectivity index (χ3n) is 2.98. The van der Waals surface area contributed by atoms with Crippen LogP contribution >= 0.6 is 0 Å². The Hall–Kier alpha value is -1.93. The standard InChI is InChI=1S/C13H13FN2O2/c1-16(6-10-3-2-4-11(14)5-10)12(17)13(7-15)8-18-9-13/h2-5H,6,8-9H2,1H3. The fourth-order valence-corrected chi connectivity index (χ4v) is 1.89. The van der Waals surface area contributed by atoms with Gasteiger partial charge in [-0.2, -0.15) is 5.26 Å². The Morgan fingerprint density at radius 2 is 2.33 bits per heavy atom. The molecule has 1 saturated heterocycles. The summed E-state index contributed by atoms with van der Waals surface area (Å²) in [6.07, 6.45) is 0. The van der Waals surface area contributed by atoms with Crippen molar-refractivity contribution in [2.45, 2.75) is 6.54 Å². The average molecular weight is 248 g/mol. The van der Waals surface area contributed by atoms with Crippen molar-refractivity contribution in [3.8, 4) is 6.07 Å². The summed E-state index contributed by atoms with van der Waals surface area (Å²) in [4.78, 5) is 13.5. The van der Waals surface area contributed by atoms with Crippen molar-refractivity contribution in [2.24, 2.45) is 5.41 Å². The summed E-state index contributed by atoms with van der Waals surface area (Å²) in [6.45, 7) is 0.547. The molecule has 0 atom stereocenters. The molecule has 1 aliphatic rings. The molecule has 0 bridgehead atoms. The summed E-state index contributed by atoms with van der Waals surface area (Å²) >= 11 is 0. The Labute approximate surface area is 105 Å². The van der Waals surface area contributed by atoms with Crippen molar-refractivity contribution in [1.29, 1.82) is 5.26 Å². The Morgan fingerprint density at radius 1 is 1.61 bits per heavy atom. The SMILES string of the molecule is CN(Cc1cccc(F)c1)C(=O)C1(C#N)COC1. The van der Waals surface area contributed by atoms with Crippen LogP contribution < -0.4 is 0 Å². The van der Waals surface area contributed by atoms with Crippen LogP contribution in [0.1, 0.15) is 5.56 Å². The minimum Gasteiger partial charge on any atom is -0.377 e. The molecule has 94 valence electrons. The number of carbonyl (C=O) groups is 1. The molecule has 4 nitrogen and oxygen atoms in total. The van der Waals surface area contributed by atoms with Crippen LogP contribution in [-0.2, 0) is 16.1 Å². The van der Waals surface area contributed by atoms with E-state index in [2.05, 4.69) is 0 Å². The van der Waals surface area contributed by atoms with E-state index in [4.69, 9.17) is 10.00 Å². The number of halogens is 1. The molecule has 0 spiro atoms. The van der Waals surface area contributed by atoms with Crippen LogP contribution in [0.25, 0.3) is 0 Å². The van der Waals surface area contributed by atoms with Crippen molar-refractivity contribution >= 4 is 5.91 Å². The quantitative estimate of drug-likeness (QED) is 0.810. The first-order chi connectivity index (χ1) is 8.57. The van der Waals surface area contributed by atoms with Crippen molar-refractivity contribution in [3.05, 3.63) is 35.6 Å². The van der Waals surface area contributed by atoms with Crippen LogP contribution in [0.3, 0.4) is 0 Å². The molecule has 5 heteroatoms. The molecular formula is C13H13FN2O2. The Morgan fingerprint density at radius 3 is 2.83 bits per heavy atom. The van der Waals surface area contributed by atoms with Crippen LogP contribution in [0.2, 0.25) is 0 Å². The monoisotopic (exact) mass is 248 g/mol. The maximum Gasteiger partial charge on any atom is 0.247 e. The molecule has 1 fully saturated rings. The topological polar surface area (TPSA) is 53.3 Å². The summed E-state index contributed by atoms with van der Waals surface area (Å²) in [5.74, 6) is -0.615. The summed E-state index contributed by atoms with van der Waals surface area (Å²) in [6, 6.07) is 8.06. The fraction of sp³-hybridized carbons (Fsp3) is 0.385. The number of carbonyl (C=O) groups excluding carboxylic acids is 1. The minimum atomic E-state index is -1.05. The summed E-state index contributed by atoms with van der Waals surface area (Å²) < 4.78 is 18.0. The van der Waals surface area contributed by atoms with Gasteiger partial charge >= 0.3 is 0 Å². The lowest BCUT2D eigenvalue weighted by Crippen LogP contribution is -2.53. The van der Waals surface area contributed by atoms with Gasteiger partial charge in [0.1, 0.15) is 5.82 Å². The van der Waals surface area contributed by atoms with Gasteiger partial charge in [-0.25, -0.2) is 4.39 Å². The van der Waals surface area contributed by atoms with Gasteiger partial charge in [-0.1, -0.05) is 12.1 Å². The van der Waals surface area contributed by atoms with Gasteiger partial charge in [0.05, 0.1) is 19.3 Å². The van der Waals surface area contributed by atoms with Gasteiger partial charge in [0.25, 0.3) is 0 Å². The van der Waals surface area contributed by atoms with E-state index in [0.717, 1.165) is 0 Å². The largest absolute Gasteiger partial charge is 0.377 e. The van der Waals surface area contributed by atoms with Crippen molar-refractivity contribution < 1.29 is 13.9 Å². The smallest absolute Gasteiger partial charge is 0.247 e. The molecule has 1 aromatic rings. The number of amides is 1. The lowest BCUT2D eigenvalue weighted by atomic mass is 9.86. The fourth-order valence-electron chi connectivity index (χ4n) is 1.89. The molecule has 0 saturated carbocycles. The van der Waals surface area contributed by atoms with Crippen molar-refractivity contribution in [3.63, 3.8) is 0 Å². The van der Waals surface area contributed by atoms with Gasteiger partial charge in [0.15, 0.2) is 5.41 Å². The number of rotatable bonds is 3. The Bertz CT molecular complexity index is 506. The van der Waals surface area contributed by atoms with Crippen LogP contribution in [-0.4, -0.2) is 31.1 Å². The second-order valence-corrected chi connectivity index (χ2v) is 4.48. The predicted molar refractivity (Wildman–Crippen MR) is 61.7 cm³/mol. The van der Waals surface area contributed by atoms with Crippen LogP contribution in [0, 0.1) is 22.6 Å². The molecule has 2 rings (SSSR count). The van der Waals surface area contributed by atoms with E-state index < -0.39 is 5.41 Å². The van der Waals surface area contributed by atoms with Crippen molar-refractivity contribution in [1.82, 2.24) is 4.90 Å². The van der Waals surface area contributed by atoms with Gasteiger partial charge in [0.2, 0.25) is 5.91 Å². The van der Waals surface area contributed by atoms with Crippen LogP contribution in [0.5, 0.6) is 0 Å². The zero-order chi connectivity index (χ0) is 13.2. The lowest BCUT2D eigenvalue weighted by Gasteiger charge is -2.36. The first-order valence-electron chi connectivity index (χ1n) is 5.56. The highest BCUT2D eigenvalue weighted by Gasteiger charge is 2.48. The molecule has 0 unspecified atom stereocenters. The van der Waals surface area contributed by atoms with Gasteiger partial charge in [-0.15, -0.1) is 0 Å². The maximum atomic E-state index is 13.0. The van der Waals surface area contributed by atoms with Crippen molar-refractivity contribution in [2.75, 3.05) is 20.3 Å². The number of nitrogens with zero attached hydrogens (tertiary/aromatic N) is 2. The molecule has 1 amide bonds. The highest BCUT2D eigenvalue weighted by Crippen LogP contribution is 2.29. The van der Waals surface area contributed by atoms with E-state index >= 15 is 0 Å². The van der Waals surface area contributed by atoms with Crippen LogP contribution in [0.15, 0.2) is 24.3 Å². The third-order valence-corrected chi connectivity index (χ3v) is 2.98. The van der Waals surface area contributed by atoms with E-state index in [0.29, 0.717) is 5.56 Å². The Balaban J connectivity index is 2.06. The molecule has 0 radical (unpaired) electrons. The molecule has 0 aliphatic carbocycles. The number of nitriles is 1. The van der Waals surface area contributed by atoms with E-state index in [9.17, 15) is 9.18 Å². The third kappa shape index (κ3) is 2.20. The summed E-state index contributed by atoms with van der Waals surface area (Å²) in [7, 11) is 1.60. The zero-order valence-corrected chi connectivity index (χ0v) is 10.0. The Kier molecular flexibility index (Phi) is 3.30. The van der Waals surface area contributed by atoms with E-state index in [-0.39, 0.29) is 31.5 Å². The maximum absolute atomic E-state index is 13.0. The van der Waals surface area contributed by atoms with E-state index in [1.807, 2.05) is 6.07 Å². The first kappa shape index (κ1) is 12.5. The molecule has 1 aliphatic heterocycles. The van der Waals surface area contributed by atoms with Gasteiger partial charge in [-0.3, -0.25) is 4.79 Å². The number of ether oxygens (including phenoxy) is 1. The molecule has 0 N–H and O–H groups in total. The summed E-state index contributed by atoms with van der Waals surface area (Å²) in [5, 5.41) is 9.03. The van der Waals surface area contributed by atoms with Gasteiger partial charge < -0.3 is 9.64 Å². The molecular weight excluding hydrogens is 235 g/mol. The molecule has 0 aromatic heterocycles. The molecule has 1 aromatic carbocycles. The number of benzene rings is 1. The molecule has 18 heavy (non-hydrogen) atoms. The highest BCUT2D eigenvalue weighted by molar-refractivity contribution is 5.86. The predicted octanol–water partition coefficient (Wildman–Crippen LogP) is 1.32. The molecule has 1 heterocycles. The first-order valence-corrected chi connectivity index (χ1v) is 5.56. The number of hydrogen-bond donors (Lipinski definition) is 0. The zero-order valence-electron chi connectivity index (χ0n) is 10.0. The van der Waals surface area contributed by atoms with E-state index in [1.165, 1.54) is 17.0 Å². The number of hydrogen-bond acceptors (Lipinski definition) is 3. The average Bonchev–Trinajstić information content (AvgIpc) is 2.28. The minimum absolute atomic E-state index is 0.135.